The molecule has 112 valence electrons. The number of nitrogens with one attached hydrogen (secondary N) is 2. The van der Waals surface area contributed by atoms with E-state index >= 15 is 0 Å². The lowest BCUT2D eigenvalue weighted by Crippen LogP contribution is -2.45. The van der Waals surface area contributed by atoms with E-state index in [1.807, 2.05) is 0 Å². The van der Waals surface area contributed by atoms with Gasteiger partial charge in [-0.3, -0.25) is 0 Å². The second-order valence-electron chi connectivity index (χ2n) is 5.95. The van der Waals surface area contributed by atoms with Crippen LogP contribution < -0.4 is 16.4 Å². The number of aromatic hydroxyl groups is 1. The van der Waals surface area contributed by atoms with Crippen LogP contribution in [0.15, 0.2) is 18.2 Å². The summed E-state index contributed by atoms with van der Waals surface area (Å²) in [4.78, 5) is 0. The van der Waals surface area contributed by atoms with Gasteiger partial charge in [0.1, 0.15) is 5.75 Å². The van der Waals surface area contributed by atoms with Crippen LogP contribution in [0.1, 0.15) is 12.8 Å². The van der Waals surface area contributed by atoms with E-state index in [4.69, 9.17) is 5.73 Å². The second kappa shape index (κ2) is 6.81. The molecule has 1 fully saturated rings. The topological polar surface area (TPSA) is 70.3 Å². The highest BCUT2D eigenvalue weighted by Gasteiger charge is 2.25. The zero-order valence-corrected chi connectivity index (χ0v) is 12.4. The first-order valence-electron chi connectivity index (χ1n) is 7.46. The summed E-state index contributed by atoms with van der Waals surface area (Å²) in [6.07, 6.45) is 2.74. The standard InChI is InChI=1S/C15H26N4O/c1-19(9-2-3-10-19)11-8-17-6-7-18-15-12-13(20)4-5-14(15)16/h4-5,12,17-18H,2-3,6-11,16H2,1H3/p+1. The number of hydrogen-bond acceptors (Lipinski definition) is 4. The SMILES string of the molecule is C[N+]1(CCNCCNc2cc(O)ccc2N)CCCC1. The van der Waals surface area contributed by atoms with Gasteiger partial charge in [0, 0.05) is 38.5 Å². The number of phenolic OH excluding ortho intramolecular Hbond substituents is 1. The average Bonchev–Trinajstić information content (AvgIpc) is 2.85. The Labute approximate surface area is 121 Å². The molecule has 20 heavy (non-hydrogen) atoms. The molecule has 0 unspecified atom stereocenters. The Balaban J connectivity index is 1.61. The molecule has 0 bridgehead atoms. The molecule has 0 radical (unpaired) electrons. The third kappa shape index (κ3) is 4.28. The van der Waals surface area contributed by atoms with Gasteiger partial charge < -0.3 is 26.0 Å². The van der Waals surface area contributed by atoms with Gasteiger partial charge in [0.15, 0.2) is 0 Å². The summed E-state index contributed by atoms with van der Waals surface area (Å²) in [6.45, 7) is 6.59. The predicted molar refractivity (Wildman–Crippen MR) is 83.9 cm³/mol. The summed E-state index contributed by atoms with van der Waals surface area (Å²) >= 11 is 0. The molecular formula is C15H27N4O+. The van der Waals surface area contributed by atoms with Crippen LogP contribution in [0.5, 0.6) is 5.75 Å². The second-order valence-corrected chi connectivity index (χ2v) is 5.95. The van der Waals surface area contributed by atoms with Crippen molar-refractivity contribution in [2.75, 3.05) is 57.4 Å². The Hall–Kier alpha value is -1.46. The molecule has 1 aromatic rings. The van der Waals surface area contributed by atoms with Crippen molar-refractivity contribution in [1.29, 1.82) is 0 Å². The summed E-state index contributed by atoms with van der Waals surface area (Å²) in [5, 5.41) is 16.1. The van der Waals surface area contributed by atoms with E-state index in [0.29, 0.717) is 5.69 Å². The molecule has 1 aromatic carbocycles. The average molecular weight is 279 g/mol. The van der Waals surface area contributed by atoms with Gasteiger partial charge in [0.2, 0.25) is 0 Å². The zero-order chi connectivity index (χ0) is 14.4. The molecule has 1 heterocycles. The van der Waals surface area contributed by atoms with Crippen LogP contribution >= 0.6 is 0 Å². The Morgan fingerprint density at radius 1 is 1.20 bits per heavy atom. The molecular weight excluding hydrogens is 252 g/mol. The molecule has 5 nitrogen and oxygen atoms in total. The zero-order valence-electron chi connectivity index (χ0n) is 12.4. The van der Waals surface area contributed by atoms with Crippen LogP contribution in [0, 0.1) is 0 Å². The Bertz CT molecular complexity index is 430. The normalized spacial score (nSPS) is 17.2. The molecule has 1 aliphatic heterocycles. The number of likely N-dealkylation sites (N-methyl/N-ethyl adjacent to an activating group) is 1. The fourth-order valence-electron chi connectivity index (χ4n) is 2.78. The number of hydrogen-bond donors (Lipinski definition) is 4. The monoisotopic (exact) mass is 279 g/mol. The quantitative estimate of drug-likeness (QED) is 0.262. The van der Waals surface area contributed by atoms with Crippen molar-refractivity contribution in [3.8, 4) is 5.75 Å². The molecule has 0 amide bonds. The third-order valence-corrected chi connectivity index (χ3v) is 4.13. The Morgan fingerprint density at radius 3 is 2.70 bits per heavy atom. The van der Waals surface area contributed by atoms with Crippen molar-refractivity contribution in [2.45, 2.75) is 12.8 Å². The van der Waals surface area contributed by atoms with E-state index in [-0.39, 0.29) is 5.75 Å². The maximum atomic E-state index is 9.41. The molecule has 1 saturated heterocycles. The van der Waals surface area contributed by atoms with Crippen LogP contribution in [-0.2, 0) is 0 Å². The van der Waals surface area contributed by atoms with Gasteiger partial charge in [-0.2, -0.15) is 0 Å². The smallest absolute Gasteiger partial charge is 0.117 e. The van der Waals surface area contributed by atoms with Gasteiger partial charge >= 0.3 is 0 Å². The van der Waals surface area contributed by atoms with Crippen molar-refractivity contribution in [3.05, 3.63) is 18.2 Å². The Kier molecular flexibility index (Phi) is 5.09. The summed E-state index contributed by atoms with van der Waals surface area (Å²) < 4.78 is 1.21. The number of rotatable bonds is 7. The summed E-state index contributed by atoms with van der Waals surface area (Å²) in [5.74, 6) is 0.237. The van der Waals surface area contributed by atoms with Crippen LogP contribution in [0.2, 0.25) is 0 Å². The highest BCUT2D eigenvalue weighted by atomic mass is 16.3. The third-order valence-electron chi connectivity index (χ3n) is 4.13. The molecule has 2 rings (SSSR count). The van der Waals surface area contributed by atoms with Gasteiger partial charge in [-0.25, -0.2) is 0 Å². The number of quaternary nitrogens is 1. The highest BCUT2D eigenvalue weighted by Crippen LogP contribution is 2.23. The number of benzene rings is 1. The fraction of sp³-hybridized carbons (Fsp3) is 0.600. The Morgan fingerprint density at radius 2 is 1.95 bits per heavy atom. The first kappa shape index (κ1) is 14.9. The molecule has 0 aromatic heterocycles. The first-order chi connectivity index (χ1) is 9.59. The lowest BCUT2D eigenvalue weighted by atomic mass is 10.2. The maximum Gasteiger partial charge on any atom is 0.117 e. The number of likely N-dealkylation sites (tertiary alicyclic amines) is 1. The minimum atomic E-state index is 0.237. The van der Waals surface area contributed by atoms with Gasteiger partial charge in [-0.1, -0.05) is 0 Å². The van der Waals surface area contributed by atoms with E-state index in [1.54, 1.807) is 18.2 Å². The van der Waals surface area contributed by atoms with Gasteiger partial charge in [-0.15, -0.1) is 0 Å². The van der Waals surface area contributed by atoms with Crippen molar-refractivity contribution in [2.24, 2.45) is 0 Å². The van der Waals surface area contributed by atoms with Gasteiger partial charge in [0.25, 0.3) is 0 Å². The molecule has 1 aliphatic rings. The number of anilines is 2. The van der Waals surface area contributed by atoms with E-state index in [2.05, 4.69) is 17.7 Å². The van der Waals surface area contributed by atoms with Crippen molar-refractivity contribution in [3.63, 3.8) is 0 Å². The van der Waals surface area contributed by atoms with Crippen molar-refractivity contribution in [1.82, 2.24) is 5.32 Å². The fourth-order valence-corrected chi connectivity index (χ4v) is 2.78. The van der Waals surface area contributed by atoms with Gasteiger partial charge in [-0.05, 0) is 12.1 Å². The number of nitrogens with zero attached hydrogens (tertiary/aromatic N) is 1. The number of nitrogen functional groups attached to an aromatic ring is 1. The molecule has 0 saturated carbocycles. The van der Waals surface area contributed by atoms with Crippen LogP contribution in [-0.4, -0.2) is 55.9 Å². The van der Waals surface area contributed by atoms with E-state index in [0.717, 1.165) is 25.3 Å². The predicted octanol–water partition coefficient (Wildman–Crippen LogP) is 1.22. The minimum Gasteiger partial charge on any atom is -0.508 e. The van der Waals surface area contributed by atoms with Gasteiger partial charge in [0.05, 0.1) is 38.1 Å². The molecule has 0 spiro atoms. The van der Waals surface area contributed by atoms with Crippen molar-refractivity contribution >= 4 is 11.4 Å². The molecule has 5 heteroatoms. The lowest BCUT2D eigenvalue weighted by Gasteiger charge is -2.29. The van der Waals surface area contributed by atoms with Crippen LogP contribution in [0.3, 0.4) is 0 Å². The van der Waals surface area contributed by atoms with E-state index in [1.165, 1.54) is 37.0 Å². The lowest BCUT2D eigenvalue weighted by molar-refractivity contribution is -0.896. The maximum absolute atomic E-state index is 9.41. The summed E-state index contributed by atoms with van der Waals surface area (Å²) in [6, 6.07) is 4.97. The number of phenols is 1. The molecule has 0 atom stereocenters. The molecule has 5 N–H and O–H groups in total. The highest BCUT2D eigenvalue weighted by molar-refractivity contribution is 5.67. The van der Waals surface area contributed by atoms with Crippen LogP contribution in [0.4, 0.5) is 11.4 Å². The first-order valence-corrected chi connectivity index (χ1v) is 7.46. The van der Waals surface area contributed by atoms with Crippen LogP contribution in [0.25, 0.3) is 0 Å². The largest absolute Gasteiger partial charge is 0.508 e. The van der Waals surface area contributed by atoms with E-state index in [9.17, 15) is 5.11 Å². The van der Waals surface area contributed by atoms with E-state index < -0.39 is 0 Å². The summed E-state index contributed by atoms with van der Waals surface area (Å²) in [7, 11) is 2.35. The minimum absolute atomic E-state index is 0.237. The number of nitrogens with two attached hydrogens (primary N) is 1. The van der Waals surface area contributed by atoms with Crippen molar-refractivity contribution < 1.29 is 9.59 Å². The summed E-state index contributed by atoms with van der Waals surface area (Å²) in [5.41, 5.74) is 7.30. The molecule has 0 aliphatic carbocycles.